The fraction of sp³-hybridized carbons (Fsp3) is 0.429. The summed E-state index contributed by atoms with van der Waals surface area (Å²) in [4.78, 5) is 0. The Morgan fingerprint density at radius 1 is 1.42 bits per heavy atom. The molecule has 102 valence electrons. The van der Waals surface area contributed by atoms with Crippen molar-refractivity contribution >= 4 is 10.0 Å². The van der Waals surface area contributed by atoms with Crippen LogP contribution in [0, 0.1) is 11.8 Å². The van der Waals surface area contributed by atoms with Crippen LogP contribution in [-0.4, -0.2) is 36.7 Å². The van der Waals surface area contributed by atoms with Crippen LogP contribution in [0.3, 0.4) is 0 Å². The molecule has 0 bridgehead atoms. The van der Waals surface area contributed by atoms with Gasteiger partial charge >= 0.3 is 0 Å². The number of aliphatic hydroxyl groups is 1. The molecule has 0 spiro atoms. The third-order valence-electron chi connectivity index (χ3n) is 3.02. The molecular weight excluding hydrogens is 262 g/mol. The van der Waals surface area contributed by atoms with E-state index in [0.29, 0.717) is 6.54 Å². The molecule has 1 aliphatic rings. The molecule has 0 amide bonds. The highest BCUT2D eigenvalue weighted by atomic mass is 32.2. The van der Waals surface area contributed by atoms with Gasteiger partial charge < -0.3 is 5.11 Å². The second-order valence-corrected chi connectivity index (χ2v) is 6.98. The minimum absolute atomic E-state index is 0.180. The van der Waals surface area contributed by atoms with E-state index in [1.54, 1.807) is 7.05 Å². The lowest BCUT2D eigenvalue weighted by Gasteiger charge is -2.16. The van der Waals surface area contributed by atoms with E-state index < -0.39 is 10.0 Å². The van der Waals surface area contributed by atoms with Crippen molar-refractivity contribution in [3.8, 4) is 11.8 Å². The van der Waals surface area contributed by atoms with Gasteiger partial charge in [0, 0.05) is 19.2 Å². The first-order chi connectivity index (χ1) is 9.04. The Kier molecular flexibility index (Phi) is 4.25. The molecule has 1 aliphatic carbocycles. The molecule has 1 fully saturated rings. The van der Waals surface area contributed by atoms with E-state index in [1.807, 2.05) is 24.3 Å². The van der Waals surface area contributed by atoms with Crippen molar-refractivity contribution < 1.29 is 13.5 Å². The zero-order valence-electron chi connectivity index (χ0n) is 10.8. The van der Waals surface area contributed by atoms with Crippen molar-refractivity contribution in [1.82, 2.24) is 4.31 Å². The first kappa shape index (κ1) is 14.1. The van der Waals surface area contributed by atoms with Crippen LogP contribution in [0.1, 0.15) is 24.0 Å². The number of aliphatic hydroxyl groups excluding tert-OH is 1. The highest BCUT2D eigenvalue weighted by Crippen LogP contribution is 2.30. The lowest BCUT2D eigenvalue weighted by Crippen LogP contribution is -2.29. The molecule has 0 aliphatic heterocycles. The molecule has 0 unspecified atom stereocenters. The molecule has 5 heteroatoms. The van der Waals surface area contributed by atoms with E-state index >= 15 is 0 Å². The van der Waals surface area contributed by atoms with Crippen molar-refractivity contribution in [3.63, 3.8) is 0 Å². The first-order valence-corrected chi connectivity index (χ1v) is 7.68. The quantitative estimate of drug-likeness (QED) is 0.835. The normalized spacial score (nSPS) is 15.1. The summed E-state index contributed by atoms with van der Waals surface area (Å²) >= 11 is 0. The van der Waals surface area contributed by atoms with Crippen LogP contribution in [-0.2, 0) is 16.6 Å². The molecule has 1 saturated carbocycles. The largest absolute Gasteiger partial charge is 0.384 e. The number of hydrogen-bond donors (Lipinski definition) is 1. The predicted molar refractivity (Wildman–Crippen MR) is 73.8 cm³/mol. The Bertz CT molecular complexity index is 609. The van der Waals surface area contributed by atoms with E-state index in [1.165, 1.54) is 4.31 Å². The molecule has 0 radical (unpaired) electrons. The average molecular weight is 279 g/mol. The number of hydrogen-bond acceptors (Lipinski definition) is 3. The second-order valence-electron chi connectivity index (χ2n) is 4.66. The van der Waals surface area contributed by atoms with Crippen LogP contribution in [0.25, 0.3) is 0 Å². The van der Waals surface area contributed by atoms with Gasteiger partial charge in [-0.2, -0.15) is 0 Å². The zero-order valence-corrected chi connectivity index (χ0v) is 11.7. The second kappa shape index (κ2) is 5.74. The van der Waals surface area contributed by atoms with E-state index in [9.17, 15) is 8.42 Å². The number of benzene rings is 1. The summed E-state index contributed by atoms with van der Waals surface area (Å²) in [6.07, 6.45) is 1.55. The summed E-state index contributed by atoms with van der Waals surface area (Å²) in [5.41, 5.74) is 1.68. The summed E-state index contributed by atoms with van der Waals surface area (Å²) < 4.78 is 25.4. The topological polar surface area (TPSA) is 57.6 Å². The van der Waals surface area contributed by atoms with Gasteiger partial charge in [0.2, 0.25) is 10.0 Å². The maximum absolute atomic E-state index is 12.0. The number of nitrogens with zero attached hydrogens (tertiary/aromatic N) is 1. The van der Waals surface area contributed by atoms with Crippen LogP contribution in [0.2, 0.25) is 0 Å². The molecule has 2 rings (SSSR count). The lowest BCUT2D eigenvalue weighted by molar-refractivity contribution is 0.350. The molecule has 1 N–H and O–H groups in total. The fourth-order valence-electron chi connectivity index (χ4n) is 1.86. The van der Waals surface area contributed by atoms with Gasteiger partial charge in [0.05, 0.1) is 5.25 Å². The number of sulfonamides is 1. The van der Waals surface area contributed by atoms with Gasteiger partial charge in [0.15, 0.2) is 0 Å². The fourth-order valence-corrected chi connectivity index (χ4v) is 3.43. The highest BCUT2D eigenvalue weighted by Gasteiger charge is 2.38. The number of rotatable bonds is 4. The summed E-state index contributed by atoms with van der Waals surface area (Å²) in [6.45, 7) is 0.174. The van der Waals surface area contributed by atoms with E-state index in [2.05, 4.69) is 11.8 Å². The average Bonchev–Trinajstić information content (AvgIpc) is 3.21. The molecule has 0 saturated heterocycles. The molecule has 4 nitrogen and oxygen atoms in total. The maximum Gasteiger partial charge on any atom is 0.217 e. The third kappa shape index (κ3) is 3.57. The van der Waals surface area contributed by atoms with Crippen molar-refractivity contribution in [1.29, 1.82) is 0 Å². The Morgan fingerprint density at radius 3 is 2.79 bits per heavy atom. The molecule has 19 heavy (non-hydrogen) atoms. The summed E-state index contributed by atoms with van der Waals surface area (Å²) in [7, 11) is -1.53. The molecular formula is C14H17NO3S. The van der Waals surface area contributed by atoms with Crippen LogP contribution >= 0.6 is 0 Å². The lowest BCUT2D eigenvalue weighted by atomic mass is 10.1. The van der Waals surface area contributed by atoms with Gasteiger partial charge in [-0.1, -0.05) is 24.0 Å². The Labute approximate surface area is 114 Å². The molecule has 0 atom stereocenters. The van der Waals surface area contributed by atoms with Gasteiger partial charge in [-0.15, -0.1) is 0 Å². The Hall–Kier alpha value is -1.35. The molecule has 1 aromatic carbocycles. The summed E-state index contributed by atoms with van der Waals surface area (Å²) in [5.74, 6) is 5.39. The maximum atomic E-state index is 12.0. The van der Waals surface area contributed by atoms with Gasteiger partial charge in [-0.3, -0.25) is 0 Å². The highest BCUT2D eigenvalue weighted by molar-refractivity contribution is 7.90. The van der Waals surface area contributed by atoms with Crippen molar-refractivity contribution in [3.05, 3.63) is 35.4 Å². The van der Waals surface area contributed by atoms with Crippen LogP contribution in [0.4, 0.5) is 0 Å². The SMILES string of the molecule is CN(Cc1cccc(C#CCO)c1)S(=O)(=O)C1CC1. The molecule has 0 heterocycles. The predicted octanol–water partition coefficient (Wildman–Crippen LogP) is 0.954. The van der Waals surface area contributed by atoms with Crippen molar-refractivity contribution in [2.75, 3.05) is 13.7 Å². The monoisotopic (exact) mass is 279 g/mol. The van der Waals surface area contributed by atoms with E-state index in [0.717, 1.165) is 24.0 Å². The smallest absolute Gasteiger partial charge is 0.217 e. The molecule has 0 aromatic heterocycles. The van der Waals surface area contributed by atoms with E-state index in [4.69, 9.17) is 5.11 Å². The Morgan fingerprint density at radius 2 is 2.16 bits per heavy atom. The standard InChI is InChI=1S/C14H17NO3S/c1-15(19(17,18)14-7-8-14)11-13-5-2-4-12(10-13)6-3-9-16/h2,4-5,10,14,16H,7-9,11H2,1H3. The third-order valence-corrected chi connectivity index (χ3v) is 5.34. The van der Waals surface area contributed by atoms with Gasteiger partial charge in [0.1, 0.15) is 6.61 Å². The summed E-state index contributed by atoms with van der Waals surface area (Å²) in [5, 5.41) is 8.47. The van der Waals surface area contributed by atoms with Crippen molar-refractivity contribution in [2.24, 2.45) is 0 Å². The van der Waals surface area contributed by atoms with Crippen LogP contribution < -0.4 is 0 Å². The van der Waals surface area contributed by atoms with Gasteiger partial charge in [-0.25, -0.2) is 12.7 Å². The summed E-state index contributed by atoms with van der Waals surface area (Å²) in [6, 6.07) is 7.40. The Balaban J connectivity index is 2.10. The minimum atomic E-state index is -3.14. The van der Waals surface area contributed by atoms with Crippen LogP contribution in [0.15, 0.2) is 24.3 Å². The molecule has 1 aromatic rings. The zero-order chi connectivity index (χ0) is 13.9. The van der Waals surface area contributed by atoms with E-state index in [-0.39, 0.29) is 11.9 Å². The van der Waals surface area contributed by atoms with Crippen molar-refractivity contribution in [2.45, 2.75) is 24.6 Å². The van der Waals surface area contributed by atoms with Gasteiger partial charge in [0.25, 0.3) is 0 Å². The van der Waals surface area contributed by atoms with Gasteiger partial charge in [-0.05, 0) is 30.5 Å². The first-order valence-electron chi connectivity index (χ1n) is 6.18. The van der Waals surface area contributed by atoms with Crippen LogP contribution in [0.5, 0.6) is 0 Å². The minimum Gasteiger partial charge on any atom is -0.384 e.